The second-order valence-electron chi connectivity index (χ2n) is 5.17. The van der Waals surface area contributed by atoms with Gasteiger partial charge in [-0.25, -0.2) is 4.98 Å². The van der Waals surface area contributed by atoms with Gasteiger partial charge in [-0.15, -0.1) is 0 Å². The first-order valence-corrected chi connectivity index (χ1v) is 6.67. The molecule has 1 aromatic rings. The van der Waals surface area contributed by atoms with Crippen LogP contribution in [0.3, 0.4) is 0 Å². The van der Waals surface area contributed by atoms with E-state index in [0.717, 1.165) is 44.0 Å². The molecule has 0 aliphatic carbocycles. The molecule has 2 rings (SSSR count). The molecule has 1 saturated heterocycles. The summed E-state index contributed by atoms with van der Waals surface area (Å²) in [5.41, 5.74) is 7.04. The zero-order chi connectivity index (χ0) is 13.0. The fourth-order valence-electron chi connectivity index (χ4n) is 2.34. The predicted molar refractivity (Wildman–Crippen MR) is 73.7 cm³/mol. The number of aromatic nitrogens is 1. The van der Waals surface area contributed by atoms with Crippen LogP contribution in [0.5, 0.6) is 0 Å². The van der Waals surface area contributed by atoms with E-state index in [1.54, 1.807) is 0 Å². The summed E-state index contributed by atoms with van der Waals surface area (Å²) in [6.07, 6.45) is 4.14. The zero-order valence-corrected chi connectivity index (χ0v) is 11.3. The number of hydrogen-bond acceptors (Lipinski definition) is 4. The van der Waals surface area contributed by atoms with E-state index >= 15 is 0 Å². The molecule has 0 unspecified atom stereocenters. The highest BCUT2D eigenvalue weighted by Gasteiger charge is 2.16. The van der Waals surface area contributed by atoms with Gasteiger partial charge in [-0.3, -0.25) is 0 Å². The number of rotatable bonds is 4. The van der Waals surface area contributed by atoms with Crippen molar-refractivity contribution in [3.05, 3.63) is 23.9 Å². The molecule has 0 aromatic carbocycles. The normalized spacial score (nSPS) is 18.6. The Bertz CT molecular complexity index is 375. The van der Waals surface area contributed by atoms with E-state index in [9.17, 15) is 0 Å². The molecule has 4 nitrogen and oxygen atoms in total. The number of anilines is 1. The monoisotopic (exact) mass is 249 g/mol. The van der Waals surface area contributed by atoms with Crippen LogP contribution in [0.4, 0.5) is 5.82 Å². The number of nitrogens with two attached hydrogens (primary N) is 1. The van der Waals surface area contributed by atoms with E-state index in [-0.39, 0.29) is 6.04 Å². The average molecular weight is 249 g/mol. The van der Waals surface area contributed by atoms with Gasteiger partial charge in [-0.1, -0.05) is 0 Å². The molecule has 2 N–H and O–H groups in total. The smallest absolute Gasteiger partial charge is 0.128 e. The largest absolute Gasteiger partial charge is 0.381 e. The molecule has 0 spiro atoms. The van der Waals surface area contributed by atoms with Crippen molar-refractivity contribution in [2.75, 3.05) is 31.7 Å². The highest BCUT2D eigenvalue weighted by Crippen LogP contribution is 2.20. The van der Waals surface area contributed by atoms with Gasteiger partial charge in [0, 0.05) is 39.0 Å². The van der Waals surface area contributed by atoms with Crippen LogP contribution in [0.25, 0.3) is 0 Å². The Balaban J connectivity index is 1.99. The lowest BCUT2D eigenvalue weighted by Gasteiger charge is -2.28. The molecule has 1 aliphatic heterocycles. The highest BCUT2D eigenvalue weighted by molar-refractivity contribution is 5.40. The number of nitrogens with zero attached hydrogens (tertiary/aromatic N) is 2. The molecule has 100 valence electrons. The summed E-state index contributed by atoms with van der Waals surface area (Å²) in [7, 11) is 2.10. The lowest BCUT2D eigenvalue weighted by molar-refractivity contribution is 0.0685. The van der Waals surface area contributed by atoms with Gasteiger partial charge >= 0.3 is 0 Å². The minimum atomic E-state index is 0.0585. The maximum Gasteiger partial charge on any atom is 0.128 e. The van der Waals surface area contributed by atoms with Gasteiger partial charge < -0.3 is 15.4 Å². The molecule has 0 bridgehead atoms. The SMILES string of the molecule is C[C@H](N)c1ccnc(N(C)CC2CCOCC2)c1. The first kappa shape index (κ1) is 13.3. The Morgan fingerprint density at radius 1 is 1.50 bits per heavy atom. The fourth-order valence-corrected chi connectivity index (χ4v) is 2.34. The predicted octanol–water partition coefficient (Wildman–Crippen LogP) is 1.96. The highest BCUT2D eigenvalue weighted by atomic mass is 16.5. The van der Waals surface area contributed by atoms with E-state index in [1.807, 2.05) is 19.2 Å². The molecule has 18 heavy (non-hydrogen) atoms. The van der Waals surface area contributed by atoms with Crippen molar-refractivity contribution in [1.82, 2.24) is 4.98 Å². The van der Waals surface area contributed by atoms with Crippen molar-refractivity contribution in [3.63, 3.8) is 0 Å². The summed E-state index contributed by atoms with van der Waals surface area (Å²) in [5.74, 6) is 1.72. The molecule has 2 heterocycles. The van der Waals surface area contributed by atoms with Gasteiger partial charge in [0.2, 0.25) is 0 Å². The Kier molecular flexibility index (Phi) is 4.55. The summed E-state index contributed by atoms with van der Waals surface area (Å²) in [6, 6.07) is 4.13. The third kappa shape index (κ3) is 3.43. The summed E-state index contributed by atoms with van der Waals surface area (Å²) in [6.45, 7) is 4.83. The van der Waals surface area contributed by atoms with Crippen LogP contribution in [0, 0.1) is 5.92 Å². The van der Waals surface area contributed by atoms with Crippen molar-refractivity contribution in [1.29, 1.82) is 0 Å². The molecular formula is C14H23N3O. The van der Waals surface area contributed by atoms with E-state index in [2.05, 4.69) is 23.0 Å². The summed E-state index contributed by atoms with van der Waals surface area (Å²) in [4.78, 5) is 6.65. The second-order valence-corrected chi connectivity index (χ2v) is 5.17. The number of ether oxygens (including phenoxy) is 1. The molecule has 0 amide bonds. The van der Waals surface area contributed by atoms with Crippen molar-refractivity contribution in [2.45, 2.75) is 25.8 Å². The van der Waals surface area contributed by atoms with E-state index in [4.69, 9.17) is 10.5 Å². The van der Waals surface area contributed by atoms with Crippen LogP contribution < -0.4 is 10.6 Å². The first-order valence-electron chi connectivity index (χ1n) is 6.67. The van der Waals surface area contributed by atoms with Crippen LogP contribution >= 0.6 is 0 Å². The maximum atomic E-state index is 5.90. The van der Waals surface area contributed by atoms with Gasteiger partial charge in [-0.05, 0) is 43.4 Å². The molecular weight excluding hydrogens is 226 g/mol. The maximum absolute atomic E-state index is 5.90. The topological polar surface area (TPSA) is 51.4 Å². The van der Waals surface area contributed by atoms with Crippen molar-refractivity contribution >= 4 is 5.82 Å². The van der Waals surface area contributed by atoms with Crippen molar-refractivity contribution < 1.29 is 4.74 Å². The number of pyridine rings is 1. The Labute approximate surface area is 109 Å². The van der Waals surface area contributed by atoms with Gasteiger partial charge in [0.25, 0.3) is 0 Å². The average Bonchev–Trinajstić information content (AvgIpc) is 2.40. The standard InChI is InChI=1S/C14H23N3O/c1-11(15)13-3-6-16-14(9-13)17(2)10-12-4-7-18-8-5-12/h3,6,9,11-12H,4-5,7-8,10,15H2,1-2H3/t11-/m0/s1. The van der Waals surface area contributed by atoms with E-state index < -0.39 is 0 Å². The molecule has 0 radical (unpaired) electrons. The first-order chi connectivity index (χ1) is 8.66. The van der Waals surface area contributed by atoms with Gasteiger partial charge in [0.05, 0.1) is 0 Å². The Hall–Kier alpha value is -1.13. The zero-order valence-electron chi connectivity index (χ0n) is 11.3. The van der Waals surface area contributed by atoms with Crippen LogP contribution in [0.1, 0.15) is 31.4 Å². The van der Waals surface area contributed by atoms with Gasteiger partial charge in [0.15, 0.2) is 0 Å². The molecule has 1 atom stereocenters. The quantitative estimate of drug-likeness (QED) is 0.886. The van der Waals surface area contributed by atoms with Gasteiger partial charge in [-0.2, -0.15) is 0 Å². The third-order valence-corrected chi connectivity index (χ3v) is 3.56. The lowest BCUT2D eigenvalue weighted by Crippen LogP contribution is -2.30. The molecule has 0 saturated carbocycles. The summed E-state index contributed by atoms with van der Waals surface area (Å²) in [5, 5.41) is 0. The molecule has 1 fully saturated rings. The summed E-state index contributed by atoms with van der Waals surface area (Å²) >= 11 is 0. The van der Waals surface area contributed by atoms with Crippen LogP contribution in [-0.4, -0.2) is 31.8 Å². The molecule has 1 aliphatic rings. The van der Waals surface area contributed by atoms with Crippen LogP contribution in [-0.2, 0) is 4.74 Å². The van der Waals surface area contributed by atoms with E-state index in [0.29, 0.717) is 5.92 Å². The van der Waals surface area contributed by atoms with Crippen molar-refractivity contribution in [2.24, 2.45) is 11.7 Å². The van der Waals surface area contributed by atoms with Gasteiger partial charge in [0.1, 0.15) is 5.82 Å². The molecule has 1 aromatic heterocycles. The summed E-state index contributed by atoms with van der Waals surface area (Å²) < 4.78 is 5.39. The minimum Gasteiger partial charge on any atom is -0.381 e. The van der Waals surface area contributed by atoms with Crippen LogP contribution in [0.15, 0.2) is 18.3 Å². The molecule has 4 heteroatoms. The minimum absolute atomic E-state index is 0.0585. The van der Waals surface area contributed by atoms with E-state index in [1.165, 1.54) is 0 Å². The fraction of sp³-hybridized carbons (Fsp3) is 0.643. The second kappa shape index (κ2) is 6.16. The Morgan fingerprint density at radius 3 is 2.89 bits per heavy atom. The van der Waals surface area contributed by atoms with Crippen molar-refractivity contribution in [3.8, 4) is 0 Å². The van der Waals surface area contributed by atoms with Crippen LogP contribution in [0.2, 0.25) is 0 Å². The lowest BCUT2D eigenvalue weighted by atomic mass is 10.00. The third-order valence-electron chi connectivity index (χ3n) is 3.56. The Morgan fingerprint density at radius 2 is 2.22 bits per heavy atom. The number of hydrogen-bond donors (Lipinski definition) is 1.